The molecule has 0 aromatic heterocycles. The fourth-order valence-corrected chi connectivity index (χ4v) is 0.739. The van der Waals surface area contributed by atoms with Crippen LogP contribution in [0.4, 0.5) is 0 Å². The van der Waals surface area contributed by atoms with Gasteiger partial charge in [0, 0.05) is 13.0 Å². The lowest BCUT2D eigenvalue weighted by molar-refractivity contribution is -0.119. The Labute approximate surface area is 49.3 Å². The predicted octanol–water partition coefficient (Wildman–Crippen LogP) is 0.489. The molecule has 1 saturated carbocycles. The molecule has 0 heterocycles. The number of nitrogens with one attached hydrogen (secondary N) is 1. The van der Waals surface area contributed by atoms with Crippen molar-refractivity contribution in [3.63, 3.8) is 0 Å². The molecule has 1 rings (SSSR count). The second-order valence-electron chi connectivity index (χ2n) is 2.16. The van der Waals surface area contributed by atoms with Crippen molar-refractivity contribution >= 4 is 5.91 Å². The highest BCUT2D eigenvalue weighted by molar-refractivity contribution is 5.73. The molecule has 0 aromatic carbocycles. The Morgan fingerprint density at radius 2 is 2.38 bits per heavy atom. The van der Waals surface area contributed by atoms with Gasteiger partial charge in [-0.15, -0.1) is 0 Å². The maximum absolute atomic E-state index is 10.3. The first-order chi connectivity index (χ1) is 3.79. The molecule has 0 atom stereocenters. The second-order valence-corrected chi connectivity index (χ2v) is 2.16. The molecule has 0 saturated heterocycles. The summed E-state index contributed by atoms with van der Waals surface area (Å²) in [6.07, 6.45) is 4.28. The summed E-state index contributed by atoms with van der Waals surface area (Å²) in [6.45, 7) is 1.55. The Kier molecular flexibility index (Phi) is 1.51. The van der Waals surface area contributed by atoms with Gasteiger partial charge in [0.25, 0.3) is 0 Å². The van der Waals surface area contributed by atoms with E-state index in [1.54, 1.807) is 6.92 Å². The Bertz CT molecular complexity index is 96.7. The molecule has 0 bridgehead atoms. The van der Waals surface area contributed by atoms with Crippen molar-refractivity contribution in [1.29, 1.82) is 0 Å². The summed E-state index contributed by atoms with van der Waals surface area (Å²) in [5, 5.41) is 2.81. The predicted molar refractivity (Wildman–Crippen MR) is 31.1 cm³/mol. The number of rotatable bonds is 1. The van der Waals surface area contributed by atoms with Crippen molar-refractivity contribution in [3.05, 3.63) is 6.42 Å². The summed E-state index contributed by atoms with van der Waals surface area (Å²) in [7, 11) is 0. The van der Waals surface area contributed by atoms with Crippen LogP contribution in [0.3, 0.4) is 0 Å². The molecule has 2 heteroatoms. The van der Waals surface area contributed by atoms with E-state index in [9.17, 15) is 4.79 Å². The molecule has 45 valence electrons. The van der Waals surface area contributed by atoms with Gasteiger partial charge in [-0.3, -0.25) is 4.79 Å². The molecule has 1 aliphatic carbocycles. The minimum absolute atomic E-state index is 0.0862. The monoisotopic (exact) mass is 112 g/mol. The molecule has 0 aliphatic heterocycles. The van der Waals surface area contributed by atoms with Crippen LogP contribution in [0.5, 0.6) is 0 Å². The summed E-state index contributed by atoms with van der Waals surface area (Å²) >= 11 is 0. The minimum atomic E-state index is 0.0862. The molecular formula is C6H10NO. The number of hydrogen-bond donors (Lipinski definition) is 1. The number of hydrogen-bond acceptors (Lipinski definition) is 1. The Hall–Kier alpha value is -0.530. The largest absolute Gasteiger partial charge is 0.354 e. The Balaban J connectivity index is 2.09. The zero-order valence-electron chi connectivity index (χ0n) is 4.98. The molecule has 1 amide bonds. The fourth-order valence-electron chi connectivity index (χ4n) is 0.739. The average Bonchev–Trinajstić information content (AvgIpc) is 1.55. The van der Waals surface area contributed by atoms with Crippen LogP contribution in [0, 0.1) is 6.42 Å². The lowest BCUT2D eigenvalue weighted by Crippen LogP contribution is -2.38. The van der Waals surface area contributed by atoms with Gasteiger partial charge in [0.2, 0.25) is 5.91 Å². The van der Waals surface area contributed by atoms with Gasteiger partial charge in [-0.2, -0.15) is 0 Å². The Morgan fingerprint density at radius 3 is 2.50 bits per heavy atom. The summed E-state index contributed by atoms with van der Waals surface area (Å²) in [4.78, 5) is 10.3. The zero-order valence-corrected chi connectivity index (χ0v) is 4.98. The van der Waals surface area contributed by atoms with Gasteiger partial charge >= 0.3 is 0 Å². The molecule has 1 fully saturated rings. The second kappa shape index (κ2) is 2.16. The molecule has 2 nitrogen and oxygen atoms in total. The molecule has 1 N–H and O–H groups in total. The highest BCUT2D eigenvalue weighted by atomic mass is 16.1. The van der Waals surface area contributed by atoms with Crippen LogP contribution in [0.1, 0.15) is 19.8 Å². The SMILES string of the molecule is CC(=O)NC1C[CH]C1. The van der Waals surface area contributed by atoms with Gasteiger partial charge in [-0.1, -0.05) is 0 Å². The zero-order chi connectivity index (χ0) is 5.98. The van der Waals surface area contributed by atoms with E-state index in [1.165, 1.54) is 0 Å². The van der Waals surface area contributed by atoms with Gasteiger partial charge in [-0.05, 0) is 19.3 Å². The lowest BCUT2D eigenvalue weighted by atomic mass is 9.93. The molecule has 1 radical (unpaired) electrons. The molecule has 1 aliphatic rings. The highest BCUT2D eigenvalue weighted by Crippen LogP contribution is 2.15. The van der Waals surface area contributed by atoms with Crippen LogP contribution in [0.2, 0.25) is 0 Å². The van der Waals surface area contributed by atoms with E-state index in [0.717, 1.165) is 12.8 Å². The van der Waals surface area contributed by atoms with E-state index in [4.69, 9.17) is 0 Å². The van der Waals surface area contributed by atoms with Crippen LogP contribution < -0.4 is 5.32 Å². The molecule has 0 unspecified atom stereocenters. The number of carbonyl (C=O) groups is 1. The maximum Gasteiger partial charge on any atom is 0.217 e. The van der Waals surface area contributed by atoms with Crippen LogP contribution in [0.15, 0.2) is 0 Å². The summed E-state index contributed by atoms with van der Waals surface area (Å²) in [6, 6.07) is 0.451. The normalized spacial score (nSPS) is 19.6. The average molecular weight is 112 g/mol. The van der Waals surface area contributed by atoms with Crippen molar-refractivity contribution in [3.8, 4) is 0 Å². The third-order valence-electron chi connectivity index (χ3n) is 1.31. The third kappa shape index (κ3) is 1.22. The van der Waals surface area contributed by atoms with Gasteiger partial charge < -0.3 is 5.32 Å². The van der Waals surface area contributed by atoms with Crippen LogP contribution in [-0.2, 0) is 4.79 Å². The quantitative estimate of drug-likeness (QED) is 0.525. The van der Waals surface area contributed by atoms with E-state index in [1.807, 2.05) is 0 Å². The summed E-state index contributed by atoms with van der Waals surface area (Å²) < 4.78 is 0. The highest BCUT2D eigenvalue weighted by Gasteiger charge is 2.17. The van der Waals surface area contributed by atoms with E-state index < -0.39 is 0 Å². The van der Waals surface area contributed by atoms with Gasteiger partial charge in [-0.25, -0.2) is 0 Å². The van der Waals surface area contributed by atoms with E-state index in [-0.39, 0.29) is 5.91 Å². The van der Waals surface area contributed by atoms with E-state index >= 15 is 0 Å². The molecule has 0 aromatic rings. The van der Waals surface area contributed by atoms with Gasteiger partial charge in [0.1, 0.15) is 0 Å². The van der Waals surface area contributed by atoms with E-state index in [2.05, 4.69) is 11.7 Å². The minimum Gasteiger partial charge on any atom is -0.354 e. The van der Waals surface area contributed by atoms with Gasteiger partial charge in [0.05, 0.1) is 0 Å². The number of carbonyl (C=O) groups excluding carboxylic acids is 1. The Morgan fingerprint density at radius 1 is 1.75 bits per heavy atom. The smallest absolute Gasteiger partial charge is 0.217 e. The molecule has 0 spiro atoms. The third-order valence-corrected chi connectivity index (χ3v) is 1.31. The molecular weight excluding hydrogens is 102 g/mol. The van der Waals surface area contributed by atoms with Crippen molar-refractivity contribution in [2.75, 3.05) is 0 Å². The van der Waals surface area contributed by atoms with E-state index in [0.29, 0.717) is 6.04 Å². The topological polar surface area (TPSA) is 29.1 Å². The van der Waals surface area contributed by atoms with Crippen LogP contribution in [-0.4, -0.2) is 11.9 Å². The lowest BCUT2D eigenvalue weighted by Gasteiger charge is -2.25. The van der Waals surface area contributed by atoms with Crippen molar-refractivity contribution in [2.24, 2.45) is 0 Å². The summed E-state index contributed by atoms with van der Waals surface area (Å²) in [5.74, 6) is 0.0862. The van der Waals surface area contributed by atoms with Crippen LogP contribution >= 0.6 is 0 Å². The number of amides is 1. The van der Waals surface area contributed by atoms with Crippen molar-refractivity contribution < 1.29 is 4.79 Å². The maximum atomic E-state index is 10.3. The van der Waals surface area contributed by atoms with Crippen LogP contribution in [0.25, 0.3) is 0 Å². The van der Waals surface area contributed by atoms with Crippen molar-refractivity contribution in [2.45, 2.75) is 25.8 Å². The first-order valence-electron chi connectivity index (χ1n) is 2.88. The standard InChI is InChI=1S/C6H10NO/c1-5(8)7-6-3-2-4-6/h2,6H,3-4H2,1H3,(H,7,8). The molecule has 8 heavy (non-hydrogen) atoms. The van der Waals surface area contributed by atoms with Crippen molar-refractivity contribution in [1.82, 2.24) is 5.32 Å². The summed E-state index contributed by atoms with van der Waals surface area (Å²) in [5.41, 5.74) is 0. The fraction of sp³-hybridized carbons (Fsp3) is 0.667. The van der Waals surface area contributed by atoms with Gasteiger partial charge in [0.15, 0.2) is 0 Å². The first kappa shape index (κ1) is 5.60. The first-order valence-corrected chi connectivity index (χ1v) is 2.88.